The van der Waals surface area contributed by atoms with Gasteiger partial charge in [0.1, 0.15) is 5.75 Å². The van der Waals surface area contributed by atoms with Crippen LogP contribution in [-0.2, 0) is 0 Å². The Balaban J connectivity index is 2.10. The lowest BCUT2D eigenvalue weighted by Crippen LogP contribution is -2.18. The monoisotopic (exact) mass is 288 g/mol. The first-order chi connectivity index (χ1) is 9.74. The van der Waals surface area contributed by atoms with E-state index >= 15 is 0 Å². The van der Waals surface area contributed by atoms with Gasteiger partial charge in [-0.25, -0.2) is 5.43 Å². The second-order valence-corrected chi connectivity index (χ2v) is 5.01. The van der Waals surface area contributed by atoms with Gasteiger partial charge >= 0.3 is 0 Å². The highest BCUT2D eigenvalue weighted by atomic mass is 32.1. The Morgan fingerprint density at radius 3 is 2.60 bits per heavy atom. The number of carbonyl (C=O) groups excluding carboxylic acids is 1. The van der Waals surface area contributed by atoms with Crippen molar-refractivity contribution in [1.29, 1.82) is 0 Å². The summed E-state index contributed by atoms with van der Waals surface area (Å²) in [5.41, 5.74) is 4.39. The highest BCUT2D eigenvalue weighted by molar-refractivity contribution is 7.12. The number of nitrogens with one attached hydrogen (secondary N) is 1. The van der Waals surface area contributed by atoms with Gasteiger partial charge in [-0.1, -0.05) is 13.0 Å². The average molecular weight is 288 g/mol. The molecule has 2 aromatic rings. The van der Waals surface area contributed by atoms with Gasteiger partial charge in [-0.2, -0.15) is 5.10 Å². The minimum Gasteiger partial charge on any atom is -0.497 e. The molecule has 0 aliphatic heterocycles. The molecule has 20 heavy (non-hydrogen) atoms. The molecule has 0 atom stereocenters. The van der Waals surface area contributed by atoms with E-state index in [9.17, 15) is 4.79 Å². The standard InChI is InChI=1S/C15H16N2O2S/c1-3-13(11-6-8-12(19-2)9-7-11)16-17-15(18)14-5-4-10-20-14/h4-10H,3H2,1-2H3,(H,17,18). The van der Waals surface area contributed by atoms with Crippen molar-refractivity contribution in [3.8, 4) is 5.75 Å². The zero-order valence-corrected chi connectivity index (χ0v) is 12.2. The summed E-state index contributed by atoms with van der Waals surface area (Å²) in [6.07, 6.45) is 0.733. The van der Waals surface area contributed by atoms with Crippen LogP contribution in [0.3, 0.4) is 0 Å². The molecule has 0 unspecified atom stereocenters. The van der Waals surface area contributed by atoms with Crippen LogP contribution < -0.4 is 10.2 Å². The van der Waals surface area contributed by atoms with Gasteiger partial charge in [0.25, 0.3) is 5.91 Å². The number of methoxy groups -OCH3 is 1. The molecule has 0 radical (unpaired) electrons. The minimum absolute atomic E-state index is 0.181. The minimum atomic E-state index is -0.181. The molecule has 0 fully saturated rings. The first-order valence-electron chi connectivity index (χ1n) is 6.29. The third-order valence-electron chi connectivity index (χ3n) is 2.80. The van der Waals surface area contributed by atoms with Gasteiger partial charge in [0, 0.05) is 0 Å². The van der Waals surface area contributed by atoms with Gasteiger partial charge in [0.2, 0.25) is 0 Å². The first-order valence-corrected chi connectivity index (χ1v) is 7.17. The highest BCUT2D eigenvalue weighted by Crippen LogP contribution is 2.13. The van der Waals surface area contributed by atoms with Crippen LogP contribution in [0.25, 0.3) is 0 Å². The van der Waals surface area contributed by atoms with Crippen molar-refractivity contribution in [3.05, 3.63) is 52.2 Å². The number of hydrazone groups is 1. The third kappa shape index (κ3) is 3.45. The van der Waals surface area contributed by atoms with E-state index < -0.39 is 0 Å². The second-order valence-electron chi connectivity index (χ2n) is 4.06. The molecule has 1 aromatic heterocycles. The Morgan fingerprint density at radius 1 is 1.30 bits per heavy atom. The van der Waals surface area contributed by atoms with Gasteiger partial charge in [0.15, 0.2) is 0 Å². The number of hydrogen-bond acceptors (Lipinski definition) is 4. The average Bonchev–Trinajstić information content (AvgIpc) is 3.02. The van der Waals surface area contributed by atoms with E-state index in [1.54, 1.807) is 13.2 Å². The van der Waals surface area contributed by atoms with Crippen LogP contribution in [0.15, 0.2) is 46.9 Å². The van der Waals surface area contributed by atoms with Gasteiger partial charge in [0.05, 0.1) is 17.7 Å². The van der Waals surface area contributed by atoms with Crippen molar-refractivity contribution < 1.29 is 9.53 Å². The molecule has 0 bridgehead atoms. The first kappa shape index (κ1) is 14.3. The van der Waals surface area contributed by atoms with Crippen molar-refractivity contribution in [2.75, 3.05) is 7.11 Å². The number of benzene rings is 1. The maximum absolute atomic E-state index is 11.8. The van der Waals surface area contributed by atoms with E-state index in [0.29, 0.717) is 4.88 Å². The van der Waals surface area contributed by atoms with Gasteiger partial charge in [-0.05, 0) is 47.7 Å². The summed E-state index contributed by atoms with van der Waals surface area (Å²) in [5, 5.41) is 6.07. The Morgan fingerprint density at radius 2 is 2.05 bits per heavy atom. The quantitative estimate of drug-likeness (QED) is 0.678. The largest absolute Gasteiger partial charge is 0.497 e. The molecule has 0 saturated heterocycles. The van der Waals surface area contributed by atoms with Crippen molar-refractivity contribution >= 4 is 23.0 Å². The molecule has 5 heteroatoms. The number of nitrogens with zero attached hydrogens (tertiary/aromatic N) is 1. The molecule has 1 N–H and O–H groups in total. The van der Waals surface area contributed by atoms with Crippen LogP contribution in [0.2, 0.25) is 0 Å². The van der Waals surface area contributed by atoms with E-state index in [-0.39, 0.29) is 5.91 Å². The molecule has 104 valence electrons. The lowest BCUT2D eigenvalue weighted by Gasteiger charge is -2.06. The van der Waals surface area contributed by atoms with Gasteiger partial charge in [-0.15, -0.1) is 11.3 Å². The summed E-state index contributed by atoms with van der Waals surface area (Å²) in [5.74, 6) is 0.617. The number of carbonyl (C=O) groups is 1. The summed E-state index contributed by atoms with van der Waals surface area (Å²) >= 11 is 1.39. The topological polar surface area (TPSA) is 50.7 Å². The molecular weight excluding hydrogens is 272 g/mol. The second kappa shape index (κ2) is 6.86. The maximum Gasteiger partial charge on any atom is 0.281 e. The maximum atomic E-state index is 11.8. The molecule has 1 aromatic carbocycles. The number of hydrogen-bond donors (Lipinski definition) is 1. The Kier molecular flexibility index (Phi) is 4.90. The number of ether oxygens (including phenoxy) is 1. The fourth-order valence-corrected chi connectivity index (χ4v) is 2.33. The summed E-state index contributed by atoms with van der Waals surface area (Å²) in [7, 11) is 1.63. The van der Waals surface area contributed by atoms with Crippen LogP contribution in [0.4, 0.5) is 0 Å². The Hall–Kier alpha value is -2.14. The molecule has 0 aliphatic rings. The Bertz CT molecular complexity index is 589. The van der Waals surface area contributed by atoms with E-state index in [2.05, 4.69) is 10.5 Å². The summed E-state index contributed by atoms with van der Waals surface area (Å²) in [4.78, 5) is 12.5. The third-order valence-corrected chi connectivity index (χ3v) is 3.66. The normalized spacial score (nSPS) is 11.2. The van der Waals surface area contributed by atoms with E-state index in [4.69, 9.17) is 4.74 Å². The van der Waals surface area contributed by atoms with Crippen molar-refractivity contribution in [2.24, 2.45) is 5.10 Å². The van der Waals surface area contributed by atoms with Crippen LogP contribution >= 0.6 is 11.3 Å². The summed E-state index contributed by atoms with van der Waals surface area (Å²) < 4.78 is 5.12. The van der Waals surface area contributed by atoms with Crippen LogP contribution in [-0.4, -0.2) is 18.7 Å². The fraction of sp³-hybridized carbons (Fsp3) is 0.200. The number of amides is 1. The van der Waals surface area contributed by atoms with Gasteiger partial charge in [-0.3, -0.25) is 4.79 Å². The zero-order valence-electron chi connectivity index (χ0n) is 11.4. The molecule has 0 spiro atoms. The molecule has 1 amide bonds. The highest BCUT2D eigenvalue weighted by Gasteiger charge is 2.06. The molecule has 1 heterocycles. The zero-order chi connectivity index (χ0) is 14.4. The number of rotatable bonds is 5. The van der Waals surface area contributed by atoms with E-state index in [0.717, 1.165) is 23.4 Å². The van der Waals surface area contributed by atoms with Crippen molar-refractivity contribution in [3.63, 3.8) is 0 Å². The van der Waals surface area contributed by atoms with Crippen LogP contribution in [0.1, 0.15) is 28.6 Å². The lowest BCUT2D eigenvalue weighted by molar-refractivity contribution is 0.0959. The molecule has 2 rings (SSSR count). The molecule has 4 nitrogen and oxygen atoms in total. The molecular formula is C15H16N2O2S. The van der Waals surface area contributed by atoms with Crippen LogP contribution in [0.5, 0.6) is 5.75 Å². The number of thiophene rings is 1. The fourth-order valence-electron chi connectivity index (χ4n) is 1.71. The summed E-state index contributed by atoms with van der Waals surface area (Å²) in [6.45, 7) is 2.00. The molecule has 0 saturated carbocycles. The SMILES string of the molecule is CCC(=NNC(=O)c1cccs1)c1ccc(OC)cc1. The summed E-state index contributed by atoms with van der Waals surface area (Å²) in [6, 6.07) is 11.2. The predicted octanol–water partition coefficient (Wildman–Crippen LogP) is 3.30. The van der Waals surface area contributed by atoms with Gasteiger partial charge < -0.3 is 4.74 Å². The van der Waals surface area contributed by atoms with E-state index in [1.807, 2.05) is 42.6 Å². The van der Waals surface area contributed by atoms with Crippen molar-refractivity contribution in [2.45, 2.75) is 13.3 Å². The van der Waals surface area contributed by atoms with E-state index in [1.165, 1.54) is 11.3 Å². The smallest absolute Gasteiger partial charge is 0.281 e. The van der Waals surface area contributed by atoms with Crippen LogP contribution in [0, 0.1) is 0 Å². The Labute approximate surface area is 122 Å². The van der Waals surface area contributed by atoms with Crippen molar-refractivity contribution in [1.82, 2.24) is 5.43 Å². The predicted molar refractivity (Wildman–Crippen MR) is 81.6 cm³/mol. The molecule has 0 aliphatic carbocycles. The lowest BCUT2D eigenvalue weighted by atomic mass is 10.1.